The third-order valence-corrected chi connectivity index (χ3v) is 4.24. The van der Waals surface area contributed by atoms with Crippen LogP contribution in [0, 0.1) is 6.92 Å². The van der Waals surface area contributed by atoms with Crippen molar-refractivity contribution >= 4 is 17.2 Å². The predicted molar refractivity (Wildman–Crippen MR) is 75.9 cm³/mol. The molecule has 1 fully saturated rings. The number of aromatic nitrogens is 1. The van der Waals surface area contributed by atoms with Crippen LogP contribution in [0.4, 0.5) is 0 Å². The molecule has 0 bridgehead atoms. The Morgan fingerprint density at radius 2 is 2.50 bits per heavy atom. The van der Waals surface area contributed by atoms with E-state index in [-0.39, 0.29) is 12.0 Å². The molecule has 0 aromatic carbocycles. The second-order valence-electron chi connectivity index (χ2n) is 4.75. The van der Waals surface area contributed by atoms with Crippen LogP contribution in [0.2, 0.25) is 0 Å². The number of carbonyl (C=O) groups is 1. The summed E-state index contributed by atoms with van der Waals surface area (Å²) in [6, 6.07) is 3.65. The van der Waals surface area contributed by atoms with Gasteiger partial charge >= 0.3 is 0 Å². The van der Waals surface area contributed by atoms with Crippen LogP contribution in [0.1, 0.15) is 28.2 Å². The highest BCUT2D eigenvalue weighted by molar-refractivity contribution is 7.15. The number of thiazole rings is 1. The summed E-state index contributed by atoms with van der Waals surface area (Å²) in [7, 11) is 0. The summed E-state index contributed by atoms with van der Waals surface area (Å²) in [5.74, 6) is 0.545. The van der Waals surface area contributed by atoms with Gasteiger partial charge in [-0.15, -0.1) is 11.3 Å². The summed E-state index contributed by atoms with van der Waals surface area (Å²) in [6.07, 6.45) is 3.82. The maximum Gasteiger partial charge on any atom is 0.271 e. The zero-order valence-corrected chi connectivity index (χ0v) is 12.0. The molecular weight excluding hydrogens is 276 g/mol. The molecule has 20 heavy (non-hydrogen) atoms. The highest BCUT2D eigenvalue weighted by atomic mass is 32.1. The predicted octanol–water partition coefficient (Wildman–Crippen LogP) is 2.62. The normalized spacial score (nSPS) is 18.4. The minimum atomic E-state index is -0.146. The number of hydrogen-bond donors (Lipinski definition) is 1. The number of ether oxygens (including phenoxy) is 1. The van der Waals surface area contributed by atoms with Gasteiger partial charge < -0.3 is 14.5 Å². The summed E-state index contributed by atoms with van der Waals surface area (Å²) in [5.41, 5.74) is 0.472. The van der Waals surface area contributed by atoms with Gasteiger partial charge in [0.2, 0.25) is 0 Å². The lowest BCUT2D eigenvalue weighted by Gasteiger charge is -2.09. The van der Waals surface area contributed by atoms with Gasteiger partial charge in [0.25, 0.3) is 5.91 Å². The van der Waals surface area contributed by atoms with Gasteiger partial charge in [-0.1, -0.05) is 0 Å². The van der Waals surface area contributed by atoms with Crippen LogP contribution in [0.5, 0.6) is 0 Å². The minimum Gasteiger partial charge on any atom is -0.462 e. The SMILES string of the molecule is Cc1sc(-c2ccco2)nc1C(=O)NC[C@H]1CCCO1. The first kappa shape index (κ1) is 13.3. The maximum absolute atomic E-state index is 12.2. The standard InChI is InChI=1S/C14H16N2O3S/c1-9-12(13(17)15-8-10-4-2-6-18-10)16-14(20-9)11-5-3-7-19-11/h3,5,7,10H,2,4,6,8H2,1H3,(H,15,17)/t10-/m1/s1. The Hall–Kier alpha value is -1.66. The third-order valence-electron chi connectivity index (χ3n) is 3.26. The third kappa shape index (κ3) is 2.76. The Morgan fingerprint density at radius 1 is 1.60 bits per heavy atom. The van der Waals surface area contributed by atoms with Crippen LogP contribution < -0.4 is 5.32 Å². The Morgan fingerprint density at radius 3 is 3.20 bits per heavy atom. The summed E-state index contributed by atoms with van der Waals surface area (Å²) < 4.78 is 10.8. The lowest BCUT2D eigenvalue weighted by atomic mass is 10.2. The molecule has 1 aliphatic heterocycles. The van der Waals surface area contributed by atoms with Gasteiger partial charge in [-0.2, -0.15) is 0 Å². The number of aryl methyl sites for hydroxylation is 1. The van der Waals surface area contributed by atoms with Crippen molar-refractivity contribution in [2.75, 3.05) is 13.2 Å². The lowest BCUT2D eigenvalue weighted by Crippen LogP contribution is -2.32. The molecule has 1 saturated heterocycles. The molecule has 5 nitrogen and oxygen atoms in total. The first-order valence-corrected chi connectivity index (χ1v) is 7.47. The number of furan rings is 1. The van der Waals surface area contributed by atoms with Gasteiger partial charge in [0, 0.05) is 18.0 Å². The van der Waals surface area contributed by atoms with Gasteiger partial charge in [-0.25, -0.2) is 4.98 Å². The number of amides is 1. The lowest BCUT2D eigenvalue weighted by molar-refractivity contribution is 0.0854. The average Bonchev–Trinajstić information content (AvgIpc) is 3.17. The second kappa shape index (κ2) is 5.76. The molecule has 0 saturated carbocycles. The van der Waals surface area contributed by atoms with E-state index in [1.807, 2.05) is 19.1 Å². The quantitative estimate of drug-likeness (QED) is 0.941. The Labute approximate surface area is 121 Å². The number of carbonyl (C=O) groups excluding carboxylic acids is 1. The molecule has 0 unspecified atom stereocenters. The van der Waals surface area contributed by atoms with Gasteiger partial charge in [-0.3, -0.25) is 4.79 Å². The van der Waals surface area contributed by atoms with Crippen molar-refractivity contribution in [2.45, 2.75) is 25.9 Å². The van der Waals surface area contributed by atoms with Gasteiger partial charge in [0.1, 0.15) is 5.69 Å². The fourth-order valence-corrected chi connectivity index (χ4v) is 3.09. The van der Waals surface area contributed by atoms with Crippen molar-refractivity contribution in [1.29, 1.82) is 0 Å². The fourth-order valence-electron chi connectivity index (χ4n) is 2.21. The Bertz CT molecular complexity index is 586. The van der Waals surface area contributed by atoms with Crippen LogP contribution in [-0.2, 0) is 4.74 Å². The smallest absolute Gasteiger partial charge is 0.271 e. The number of nitrogens with zero attached hydrogens (tertiary/aromatic N) is 1. The van der Waals surface area contributed by atoms with E-state index in [4.69, 9.17) is 9.15 Å². The molecule has 2 aromatic rings. The van der Waals surface area contributed by atoms with Crippen molar-refractivity contribution in [3.05, 3.63) is 29.0 Å². The molecule has 2 aromatic heterocycles. The van der Waals surface area contributed by atoms with Crippen LogP contribution in [0.15, 0.2) is 22.8 Å². The first-order valence-electron chi connectivity index (χ1n) is 6.65. The topological polar surface area (TPSA) is 64.4 Å². The monoisotopic (exact) mass is 292 g/mol. The minimum absolute atomic E-state index is 0.141. The molecular formula is C14H16N2O3S. The van der Waals surface area contributed by atoms with E-state index < -0.39 is 0 Å². The highest BCUT2D eigenvalue weighted by Gasteiger charge is 2.20. The van der Waals surface area contributed by atoms with Crippen molar-refractivity contribution in [3.8, 4) is 10.8 Å². The Kier molecular flexibility index (Phi) is 3.84. The van der Waals surface area contributed by atoms with Crippen molar-refractivity contribution < 1.29 is 13.9 Å². The second-order valence-corrected chi connectivity index (χ2v) is 5.95. The van der Waals surface area contributed by atoms with Crippen LogP contribution >= 0.6 is 11.3 Å². The molecule has 1 N–H and O–H groups in total. The first-order chi connectivity index (χ1) is 9.74. The van der Waals surface area contributed by atoms with E-state index in [1.165, 1.54) is 11.3 Å². The Balaban J connectivity index is 1.68. The van der Waals surface area contributed by atoms with E-state index in [0.717, 1.165) is 29.3 Å². The summed E-state index contributed by atoms with van der Waals surface area (Å²) in [6.45, 7) is 3.23. The van der Waals surface area contributed by atoms with Crippen molar-refractivity contribution in [2.24, 2.45) is 0 Å². The van der Waals surface area contributed by atoms with Crippen LogP contribution in [-0.4, -0.2) is 30.1 Å². The molecule has 1 atom stereocenters. The molecule has 1 aliphatic rings. The van der Waals surface area contributed by atoms with E-state index in [2.05, 4.69) is 10.3 Å². The van der Waals surface area contributed by atoms with Gasteiger partial charge in [0.05, 0.1) is 12.4 Å². The molecule has 0 spiro atoms. The van der Waals surface area contributed by atoms with E-state index in [1.54, 1.807) is 6.26 Å². The van der Waals surface area contributed by atoms with Crippen molar-refractivity contribution in [1.82, 2.24) is 10.3 Å². The highest BCUT2D eigenvalue weighted by Crippen LogP contribution is 2.27. The zero-order valence-electron chi connectivity index (χ0n) is 11.2. The molecule has 3 rings (SSSR count). The molecule has 6 heteroatoms. The van der Waals surface area contributed by atoms with E-state index in [9.17, 15) is 4.79 Å². The summed E-state index contributed by atoms with van der Waals surface area (Å²) in [5, 5.41) is 3.62. The van der Waals surface area contributed by atoms with Gasteiger partial charge in [-0.05, 0) is 31.9 Å². The van der Waals surface area contributed by atoms with Crippen LogP contribution in [0.3, 0.4) is 0 Å². The number of rotatable bonds is 4. The molecule has 1 amide bonds. The molecule has 3 heterocycles. The van der Waals surface area contributed by atoms with E-state index in [0.29, 0.717) is 18.0 Å². The summed E-state index contributed by atoms with van der Waals surface area (Å²) >= 11 is 1.46. The maximum atomic E-state index is 12.2. The molecule has 106 valence electrons. The average molecular weight is 292 g/mol. The van der Waals surface area contributed by atoms with Crippen molar-refractivity contribution in [3.63, 3.8) is 0 Å². The van der Waals surface area contributed by atoms with Gasteiger partial charge in [0.15, 0.2) is 10.8 Å². The number of hydrogen-bond acceptors (Lipinski definition) is 5. The van der Waals surface area contributed by atoms with E-state index >= 15 is 0 Å². The largest absolute Gasteiger partial charge is 0.462 e. The zero-order chi connectivity index (χ0) is 13.9. The fraction of sp³-hybridized carbons (Fsp3) is 0.429. The summed E-state index contributed by atoms with van der Waals surface area (Å²) in [4.78, 5) is 17.4. The molecule has 0 radical (unpaired) electrons. The molecule has 0 aliphatic carbocycles. The number of nitrogens with one attached hydrogen (secondary N) is 1. The van der Waals surface area contributed by atoms with Crippen LogP contribution in [0.25, 0.3) is 10.8 Å².